The lowest BCUT2D eigenvalue weighted by Crippen LogP contribution is -2.36. The molecular formula is C20H25F3O5. The fraction of sp³-hybridized carbons (Fsp3) is 0.600. The minimum atomic E-state index is -4.81. The maximum absolute atomic E-state index is 12.1. The molecule has 0 saturated heterocycles. The molecule has 0 N–H and O–H groups in total. The van der Waals surface area contributed by atoms with Crippen molar-refractivity contribution in [2.24, 2.45) is 17.8 Å². The van der Waals surface area contributed by atoms with E-state index >= 15 is 0 Å². The molecule has 1 aliphatic carbocycles. The van der Waals surface area contributed by atoms with Gasteiger partial charge in [-0.3, -0.25) is 0 Å². The Bertz CT molecular complexity index is 669. The molecule has 0 aliphatic heterocycles. The molecule has 1 aliphatic rings. The van der Waals surface area contributed by atoms with Crippen LogP contribution < -0.4 is 4.74 Å². The second-order valence-corrected chi connectivity index (χ2v) is 7.50. The van der Waals surface area contributed by atoms with Gasteiger partial charge in [0.15, 0.2) is 6.61 Å². The van der Waals surface area contributed by atoms with Crippen molar-refractivity contribution in [2.75, 3.05) is 6.61 Å². The van der Waals surface area contributed by atoms with Gasteiger partial charge in [-0.05, 0) is 54.9 Å². The molecule has 8 heteroatoms. The first kappa shape index (κ1) is 22.0. The van der Waals surface area contributed by atoms with Gasteiger partial charge in [0.1, 0.15) is 11.9 Å². The summed E-state index contributed by atoms with van der Waals surface area (Å²) in [6, 6.07) is 4.26. The number of esters is 2. The van der Waals surface area contributed by atoms with E-state index in [1.54, 1.807) is 0 Å². The molecule has 0 spiro atoms. The highest BCUT2D eigenvalue weighted by atomic mass is 19.4. The Morgan fingerprint density at radius 3 is 2.36 bits per heavy atom. The molecule has 0 heterocycles. The van der Waals surface area contributed by atoms with Crippen LogP contribution in [0, 0.1) is 17.8 Å². The van der Waals surface area contributed by atoms with Crippen LogP contribution in [0.4, 0.5) is 13.2 Å². The third kappa shape index (κ3) is 6.73. The highest BCUT2D eigenvalue weighted by Gasteiger charge is 2.33. The van der Waals surface area contributed by atoms with Crippen molar-refractivity contribution in [2.45, 2.75) is 52.5 Å². The fourth-order valence-electron chi connectivity index (χ4n) is 3.45. The van der Waals surface area contributed by atoms with Gasteiger partial charge in [-0.1, -0.05) is 27.2 Å². The van der Waals surface area contributed by atoms with Crippen molar-refractivity contribution < 1.29 is 37.0 Å². The summed E-state index contributed by atoms with van der Waals surface area (Å²) < 4.78 is 50.6. The highest BCUT2D eigenvalue weighted by Crippen LogP contribution is 2.35. The Kier molecular flexibility index (Phi) is 7.32. The van der Waals surface area contributed by atoms with Gasteiger partial charge >= 0.3 is 18.3 Å². The van der Waals surface area contributed by atoms with Crippen molar-refractivity contribution in [1.82, 2.24) is 0 Å². The number of hydrogen-bond acceptors (Lipinski definition) is 5. The summed E-state index contributed by atoms with van der Waals surface area (Å²) in [6.07, 6.45) is -2.14. The molecule has 3 unspecified atom stereocenters. The molecule has 156 valence electrons. The Labute approximate surface area is 162 Å². The number of carbonyl (C=O) groups excluding carboxylic acids is 2. The van der Waals surface area contributed by atoms with Crippen LogP contribution in [-0.2, 0) is 14.3 Å². The zero-order valence-corrected chi connectivity index (χ0v) is 16.1. The summed E-state index contributed by atoms with van der Waals surface area (Å²) in [7, 11) is 0. The van der Waals surface area contributed by atoms with Gasteiger partial charge in [0.2, 0.25) is 0 Å². The summed E-state index contributed by atoms with van der Waals surface area (Å²) in [5.74, 6) is -0.784. The minimum absolute atomic E-state index is 0.00803. The van der Waals surface area contributed by atoms with Crippen molar-refractivity contribution >= 4 is 11.9 Å². The topological polar surface area (TPSA) is 61.8 Å². The van der Waals surface area contributed by atoms with Crippen LogP contribution in [0.15, 0.2) is 24.3 Å². The Hall–Kier alpha value is -2.25. The van der Waals surface area contributed by atoms with Gasteiger partial charge in [-0.2, -0.15) is 0 Å². The first-order valence-corrected chi connectivity index (χ1v) is 9.27. The van der Waals surface area contributed by atoms with Crippen LogP contribution in [0.25, 0.3) is 0 Å². The molecular weight excluding hydrogens is 377 g/mol. The minimum Gasteiger partial charge on any atom is -0.460 e. The Balaban J connectivity index is 1.85. The zero-order valence-electron chi connectivity index (χ0n) is 16.1. The van der Waals surface area contributed by atoms with E-state index in [1.807, 2.05) is 0 Å². The second kappa shape index (κ2) is 9.30. The average Bonchev–Trinajstić information content (AvgIpc) is 2.58. The van der Waals surface area contributed by atoms with Crippen LogP contribution in [0.2, 0.25) is 0 Å². The number of rotatable bonds is 6. The summed E-state index contributed by atoms with van der Waals surface area (Å²) in [6.45, 7) is 5.75. The van der Waals surface area contributed by atoms with E-state index < -0.39 is 30.7 Å². The quantitative estimate of drug-likeness (QED) is 0.643. The molecule has 0 bridgehead atoms. The maximum atomic E-state index is 12.1. The standard InChI is InChI=1S/C20H25F3O5/c1-12(2)16-9-4-13(3)10-17(16)27-18(24)11-26-19(25)14-5-7-15(8-6-14)28-20(21,22)23/h5-8,12-13,16-17H,4,9-11H2,1-3H3. The number of hydrogen-bond donors (Lipinski definition) is 0. The van der Waals surface area contributed by atoms with E-state index in [-0.39, 0.29) is 17.6 Å². The molecule has 1 aromatic carbocycles. The van der Waals surface area contributed by atoms with Gasteiger partial charge in [-0.25, -0.2) is 9.59 Å². The van der Waals surface area contributed by atoms with E-state index in [2.05, 4.69) is 25.5 Å². The first-order chi connectivity index (χ1) is 13.0. The number of halogens is 3. The number of carbonyl (C=O) groups is 2. The summed E-state index contributed by atoms with van der Waals surface area (Å²) in [5, 5.41) is 0. The molecule has 1 fully saturated rings. The van der Waals surface area contributed by atoms with Crippen molar-refractivity contribution in [3.8, 4) is 5.75 Å². The lowest BCUT2D eigenvalue weighted by molar-refractivity contribution is -0.274. The highest BCUT2D eigenvalue weighted by molar-refractivity contribution is 5.90. The van der Waals surface area contributed by atoms with E-state index in [4.69, 9.17) is 9.47 Å². The average molecular weight is 402 g/mol. The third-order valence-electron chi connectivity index (χ3n) is 4.89. The van der Waals surface area contributed by atoms with E-state index in [1.165, 1.54) is 0 Å². The van der Waals surface area contributed by atoms with Crippen molar-refractivity contribution in [3.05, 3.63) is 29.8 Å². The van der Waals surface area contributed by atoms with Crippen LogP contribution in [0.1, 0.15) is 50.4 Å². The summed E-state index contributed by atoms with van der Waals surface area (Å²) in [5.41, 5.74) is 0.00803. The molecule has 2 rings (SSSR count). The van der Waals surface area contributed by atoms with Gasteiger partial charge in [0.25, 0.3) is 0 Å². The largest absolute Gasteiger partial charge is 0.573 e. The molecule has 0 radical (unpaired) electrons. The molecule has 0 amide bonds. The van der Waals surface area contributed by atoms with Crippen LogP contribution in [-0.4, -0.2) is 31.0 Å². The SMILES string of the molecule is CC1CCC(C(C)C)C(OC(=O)COC(=O)c2ccc(OC(F)(F)F)cc2)C1. The number of alkyl halides is 3. The van der Waals surface area contributed by atoms with Crippen molar-refractivity contribution in [1.29, 1.82) is 0 Å². The van der Waals surface area contributed by atoms with Crippen LogP contribution in [0.5, 0.6) is 5.75 Å². The molecule has 0 aromatic heterocycles. The lowest BCUT2D eigenvalue weighted by Gasteiger charge is -2.36. The zero-order chi connectivity index (χ0) is 20.9. The predicted octanol–water partition coefficient (Wildman–Crippen LogP) is 4.75. The third-order valence-corrected chi connectivity index (χ3v) is 4.89. The van der Waals surface area contributed by atoms with E-state index in [0.717, 1.165) is 43.5 Å². The fourth-order valence-corrected chi connectivity index (χ4v) is 3.45. The lowest BCUT2D eigenvalue weighted by atomic mass is 9.75. The van der Waals surface area contributed by atoms with Crippen LogP contribution in [0.3, 0.4) is 0 Å². The molecule has 3 atom stereocenters. The van der Waals surface area contributed by atoms with Gasteiger partial charge in [0.05, 0.1) is 5.56 Å². The number of benzene rings is 1. The Morgan fingerprint density at radius 2 is 1.79 bits per heavy atom. The van der Waals surface area contributed by atoms with Gasteiger partial charge in [-0.15, -0.1) is 13.2 Å². The first-order valence-electron chi connectivity index (χ1n) is 9.27. The second-order valence-electron chi connectivity index (χ2n) is 7.50. The van der Waals surface area contributed by atoms with Crippen LogP contribution >= 0.6 is 0 Å². The van der Waals surface area contributed by atoms with Gasteiger partial charge < -0.3 is 14.2 Å². The Morgan fingerprint density at radius 1 is 1.14 bits per heavy atom. The van der Waals surface area contributed by atoms with Gasteiger partial charge in [0, 0.05) is 0 Å². The summed E-state index contributed by atoms with van der Waals surface area (Å²) in [4.78, 5) is 24.1. The molecule has 5 nitrogen and oxygen atoms in total. The molecule has 28 heavy (non-hydrogen) atoms. The number of ether oxygens (including phenoxy) is 3. The molecule has 1 saturated carbocycles. The smallest absolute Gasteiger partial charge is 0.460 e. The predicted molar refractivity (Wildman–Crippen MR) is 94.6 cm³/mol. The van der Waals surface area contributed by atoms with Crippen molar-refractivity contribution in [3.63, 3.8) is 0 Å². The maximum Gasteiger partial charge on any atom is 0.573 e. The van der Waals surface area contributed by atoms with E-state index in [9.17, 15) is 22.8 Å². The molecule has 1 aromatic rings. The normalized spacial score (nSPS) is 22.6. The van der Waals surface area contributed by atoms with E-state index in [0.29, 0.717) is 11.8 Å². The summed E-state index contributed by atoms with van der Waals surface area (Å²) >= 11 is 0. The monoisotopic (exact) mass is 402 g/mol.